The van der Waals surface area contributed by atoms with Crippen LogP contribution in [0.1, 0.15) is 104 Å². The van der Waals surface area contributed by atoms with Gasteiger partial charge in [0.1, 0.15) is 6.29 Å². The molecule has 0 spiro atoms. The molecule has 4 heteroatoms. The Morgan fingerprint density at radius 2 is 1.82 bits per heavy atom. The largest absolute Gasteiger partial charge is 0.393 e. The van der Waals surface area contributed by atoms with Crippen molar-refractivity contribution in [3.63, 3.8) is 0 Å². The summed E-state index contributed by atoms with van der Waals surface area (Å²) in [7, 11) is 0. The average Bonchev–Trinajstić information content (AvgIpc) is 3.16. The maximum Gasteiger partial charge on any atom is 0.157 e. The van der Waals surface area contributed by atoms with Crippen LogP contribution >= 0.6 is 0 Å². The van der Waals surface area contributed by atoms with Crippen molar-refractivity contribution >= 4 is 6.29 Å². The lowest BCUT2D eigenvalue weighted by molar-refractivity contribution is -0.221. The molecule has 188 valence electrons. The Hall–Kier alpha value is -0.450. The van der Waals surface area contributed by atoms with Gasteiger partial charge in [-0.25, -0.2) is 0 Å². The highest BCUT2D eigenvalue weighted by Gasteiger charge is 2.63. The van der Waals surface area contributed by atoms with Gasteiger partial charge >= 0.3 is 0 Å². The molecule has 5 aliphatic rings. The molecule has 4 saturated carbocycles. The predicted molar refractivity (Wildman–Crippen MR) is 130 cm³/mol. The molecular weight excluding hydrogens is 412 g/mol. The van der Waals surface area contributed by atoms with Crippen molar-refractivity contribution in [2.24, 2.45) is 46.3 Å². The molecule has 11 atom stereocenters. The van der Waals surface area contributed by atoms with Gasteiger partial charge in [-0.05, 0) is 123 Å². The normalized spacial score (nSPS) is 50.7. The third-order valence-corrected chi connectivity index (χ3v) is 11.6. The van der Waals surface area contributed by atoms with Crippen LogP contribution in [-0.4, -0.2) is 36.5 Å². The molecule has 0 radical (unpaired) electrons. The summed E-state index contributed by atoms with van der Waals surface area (Å²) in [6, 6.07) is 0. The first-order valence-electron chi connectivity index (χ1n) is 14.3. The molecule has 6 unspecified atom stereocenters. The number of aldehydes is 1. The highest BCUT2D eigenvalue weighted by Crippen LogP contribution is 2.68. The molecule has 5 fully saturated rings. The molecule has 0 bridgehead atoms. The van der Waals surface area contributed by atoms with E-state index in [0.29, 0.717) is 58.9 Å². The number of fused-ring (bicyclic) bond motifs is 5. The quantitative estimate of drug-likeness (QED) is 0.382. The fraction of sp³-hybridized carbons (Fsp3) is 0.966. The summed E-state index contributed by atoms with van der Waals surface area (Å²) < 4.78 is 12.3. The van der Waals surface area contributed by atoms with Crippen LogP contribution in [0.3, 0.4) is 0 Å². The zero-order chi connectivity index (χ0) is 23.2. The third-order valence-electron chi connectivity index (χ3n) is 11.6. The number of hydrogen-bond donors (Lipinski definition) is 1. The van der Waals surface area contributed by atoms with E-state index in [9.17, 15) is 9.90 Å². The van der Waals surface area contributed by atoms with Gasteiger partial charge in [0.2, 0.25) is 0 Å². The minimum Gasteiger partial charge on any atom is -0.393 e. The van der Waals surface area contributed by atoms with Crippen LogP contribution < -0.4 is 0 Å². The number of aliphatic hydroxyl groups excluding tert-OH is 1. The maximum absolute atomic E-state index is 11.6. The first-order valence-corrected chi connectivity index (χ1v) is 14.3. The van der Waals surface area contributed by atoms with E-state index in [2.05, 4.69) is 20.8 Å². The van der Waals surface area contributed by atoms with E-state index in [-0.39, 0.29) is 12.4 Å². The van der Waals surface area contributed by atoms with Gasteiger partial charge in [0.15, 0.2) is 6.29 Å². The summed E-state index contributed by atoms with van der Waals surface area (Å²) in [6.45, 7) is 8.32. The lowest BCUT2D eigenvalue weighted by Crippen LogP contribution is -2.59. The summed E-state index contributed by atoms with van der Waals surface area (Å²) in [5, 5.41) is 11.6. The summed E-state index contributed by atoms with van der Waals surface area (Å²) in [6.07, 6.45) is 16.0. The average molecular weight is 461 g/mol. The van der Waals surface area contributed by atoms with Crippen LogP contribution in [0.25, 0.3) is 0 Å². The zero-order valence-electron chi connectivity index (χ0n) is 21.3. The Morgan fingerprint density at radius 1 is 1.03 bits per heavy atom. The second-order valence-corrected chi connectivity index (χ2v) is 13.1. The van der Waals surface area contributed by atoms with Crippen molar-refractivity contribution in [1.82, 2.24) is 0 Å². The number of carbonyl (C=O) groups excluding carboxylic acids is 1. The second kappa shape index (κ2) is 9.54. The molecule has 1 aliphatic heterocycles. The van der Waals surface area contributed by atoms with Crippen LogP contribution in [0.2, 0.25) is 0 Å². The minimum atomic E-state index is -0.161. The molecule has 0 aromatic heterocycles. The van der Waals surface area contributed by atoms with E-state index < -0.39 is 0 Å². The van der Waals surface area contributed by atoms with Gasteiger partial charge in [0.05, 0.1) is 12.2 Å². The van der Waals surface area contributed by atoms with Gasteiger partial charge < -0.3 is 19.4 Å². The molecule has 0 amide bonds. The maximum atomic E-state index is 11.6. The second-order valence-electron chi connectivity index (χ2n) is 13.1. The van der Waals surface area contributed by atoms with E-state index >= 15 is 0 Å². The lowest BCUT2D eigenvalue weighted by Gasteiger charge is -2.62. The number of carbonyl (C=O) groups is 1. The van der Waals surface area contributed by atoms with Crippen molar-refractivity contribution in [3.8, 4) is 0 Å². The van der Waals surface area contributed by atoms with E-state index in [1.165, 1.54) is 38.5 Å². The van der Waals surface area contributed by atoms with Crippen LogP contribution in [0, 0.1) is 46.3 Å². The molecule has 5 rings (SSSR count). The van der Waals surface area contributed by atoms with E-state index in [0.717, 1.165) is 51.4 Å². The van der Waals surface area contributed by atoms with Crippen molar-refractivity contribution in [2.75, 3.05) is 6.61 Å². The van der Waals surface area contributed by atoms with Crippen LogP contribution in [-0.2, 0) is 14.3 Å². The van der Waals surface area contributed by atoms with Crippen LogP contribution in [0.4, 0.5) is 0 Å². The number of rotatable bonds is 6. The molecule has 4 aliphatic carbocycles. The monoisotopic (exact) mass is 460 g/mol. The summed E-state index contributed by atoms with van der Waals surface area (Å²) in [5.41, 5.74) is 0.687. The van der Waals surface area contributed by atoms with Crippen LogP contribution in [0.5, 0.6) is 0 Å². The standard InChI is InChI=1S/C29H48O4/c1-19(7-6-15-30)22-9-10-23-27-24(12-14-29(22,23)3)28(2)13-11-21(17-20(28)18-25(27)31)33-26-8-4-5-16-32-26/h15,19-27,31H,4-14,16-18H2,1-3H3/t19-,20?,21-,22+,23?,24?,25?,26?,27?,28-,29+/m0/s1. The molecule has 0 aromatic rings. The van der Waals surface area contributed by atoms with E-state index in [1.807, 2.05) is 0 Å². The predicted octanol–water partition coefficient (Wildman–Crippen LogP) is 6.14. The van der Waals surface area contributed by atoms with Gasteiger partial charge in [0.25, 0.3) is 0 Å². The molecule has 1 heterocycles. The number of ether oxygens (including phenoxy) is 2. The van der Waals surface area contributed by atoms with E-state index in [1.54, 1.807) is 0 Å². The summed E-state index contributed by atoms with van der Waals surface area (Å²) in [4.78, 5) is 11.0. The number of hydrogen-bond acceptors (Lipinski definition) is 4. The Bertz CT molecular complexity index is 689. The molecular formula is C29H48O4. The van der Waals surface area contributed by atoms with Crippen molar-refractivity contribution in [2.45, 2.75) is 123 Å². The fourth-order valence-corrected chi connectivity index (χ4v) is 9.85. The van der Waals surface area contributed by atoms with Gasteiger partial charge in [-0.3, -0.25) is 0 Å². The van der Waals surface area contributed by atoms with E-state index in [4.69, 9.17) is 9.47 Å². The van der Waals surface area contributed by atoms with Gasteiger partial charge in [-0.15, -0.1) is 0 Å². The zero-order valence-corrected chi connectivity index (χ0v) is 21.3. The highest BCUT2D eigenvalue weighted by atomic mass is 16.7. The Kier molecular flexibility index (Phi) is 7.01. The van der Waals surface area contributed by atoms with Crippen molar-refractivity contribution < 1.29 is 19.4 Å². The molecule has 0 aromatic carbocycles. The number of aliphatic hydroxyl groups is 1. The molecule has 1 saturated heterocycles. The molecule has 4 nitrogen and oxygen atoms in total. The van der Waals surface area contributed by atoms with Gasteiger partial charge in [-0.1, -0.05) is 20.8 Å². The summed E-state index contributed by atoms with van der Waals surface area (Å²) >= 11 is 0. The first-order chi connectivity index (χ1) is 15.9. The Morgan fingerprint density at radius 3 is 2.58 bits per heavy atom. The minimum absolute atomic E-state index is 0.00128. The topological polar surface area (TPSA) is 55.8 Å². The first kappa shape index (κ1) is 24.3. The SMILES string of the molecule is C[C@@H](CCC=O)[C@H]1CCC2C3C(O)CC4C[C@@H](OC5CCCCO5)CC[C@]4(C)C3CC[C@@]21C. The Balaban J connectivity index is 1.29. The van der Waals surface area contributed by atoms with Crippen molar-refractivity contribution in [1.29, 1.82) is 0 Å². The van der Waals surface area contributed by atoms with Gasteiger partial charge in [0, 0.05) is 13.0 Å². The fourth-order valence-electron chi connectivity index (χ4n) is 9.85. The van der Waals surface area contributed by atoms with Crippen molar-refractivity contribution in [3.05, 3.63) is 0 Å². The lowest BCUT2D eigenvalue weighted by atomic mass is 9.43. The molecule has 1 N–H and O–H groups in total. The highest BCUT2D eigenvalue weighted by molar-refractivity contribution is 5.49. The summed E-state index contributed by atoms with van der Waals surface area (Å²) in [5.74, 6) is 3.66. The van der Waals surface area contributed by atoms with Crippen LogP contribution in [0.15, 0.2) is 0 Å². The smallest absolute Gasteiger partial charge is 0.157 e. The Labute approximate surface area is 201 Å². The molecule has 33 heavy (non-hydrogen) atoms. The third kappa shape index (κ3) is 4.25. The van der Waals surface area contributed by atoms with Gasteiger partial charge in [-0.2, -0.15) is 0 Å².